The predicted molar refractivity (Wildman–Crippen MR) is 110 cm³/mol. The molecule has 2 aromatic carbocycles. The molecule has 3 rings (SSSR count). The molecule has 0 spiro atoms. The number of rotatable bonds is 6. The summed E-state index contributed by atoms with van der Waals surface area (Å²) in [5, 5.41) is 11.4. The minimum Gasteiger partial charge on any atom is -0.375 e. The summed E-state index contributed by atoms with van der Waals surface area (Å²) in [5.74, 6) is -0.645. The second-order valence-corrected chi connectivity index (χ2v) is 8.17. The molecule has 0 bridgehead atoms. The fourth-order valence-electron chi connectivity index (χ4n) is 3.69. The lowest BCUT2D eigenvalue weighted by Crippen LogP contribution is -2.42. The third-order valence-electron chi connectivity index (χ3n) is 5.13. The van der Waals surface area contributed by atoms with Crippen molar-refractivity contribution >= 4 is 33.3 Å². The molecule has 0 saturated carbocycles. The van der Waals surface area contributed by atoms with Gasteiger partial charge in [-0.1, -0.05) is 53.0 Å². The van der Waals surface area contributed by atoms with Crippen LogP contribution in [0.5, 0.6) is 0 Å². The maximum absolute atomic E-state index is 13.1. The maximum Gasteiger partial charge on any atom is 0.264 e. The zero-order chi connectivity index (χ0) is 19.8. The molecule has 4 nitrogen and oxygen atoms in total. The Balaban J connectivity index is 1.99. The van der Waals surface area contributed by atoms with E-state index < -0.39 is 11.5 Å². The smallest absolute Gasteiger partial charge is 0.264 e. The Morgan fingerprint density at radius 3 is 2.59 bits per heavy atom. The number of Topliss-reactive ketones (excluding diaryl/α,β-unsaturated/α-hetero) is 1. The van der Waals surface area contributed by atoms with Crippen molar-refractivity contribution in [1.29, 1.82) is 0 Å². The molecule has 1 aliphatic heterocycles. The van der Waals surface area contributed by atoms with Gasteiger partial charge in [0.15, 0.2) is 11.4 Å². The summed E-state index contributed by atoms with van der Waals surface area (Å²) < 4.78 is 0.767. The number of aliphatic hydroxyl groups is 1. The van der Waals surface area contributed by atoms with Crippen molar-refractivity contribution in [2.24, 2.45) is 0 Å². The van der Waals surface area contributed by atoms with Gasteiger partial charge in [-0.2, -0.15) is 0 Å². The summed E-state index contributed by atoms with van der Waals surface area (Å²) in [6.45, 7) is 6.43. The largest absolute Gasteiger partial charge is 0.375 e. The third-order valence-corrected chi connectivity index (χ3v) is 5.62. The van der Waals surface area contributed by atoms with Gasteiger partial charge in [-0.3, -0.25) is 9.59 Å². The van der Waals surface area contributed by atoms with Crippen LogP contribution in [0, 0.1) is 13.8 Å². The number of carbonyl (C=O) groups is 2. The summed E-state index contributed by atoms with van der Waals surface area (Å²) in [6, 6.07) is 11.0. The van der Waals surface area contributed by atoms with E-state index in [1.54, 1.807) is 17.0 Å². The van der Waals surface area contributed by atoms with Gasteiger partial charge in [-0.05, 0) is 44.0 Å². The first-order valence-corrected chi connectivity index (χ1v) is 10.0. The molecule has 0 aliphatic carbocycles. The van der Waals surface area contributed by atoms with E-state index in [0.717, 1.165) is 28.4 Å². The quantitative estimate of drug-likeness (QED) is 0.678. The van der Waals surface area contributed by atoms with Crippen LogP contribution in [0.25, 0.3) is 0 Å². The number of unbranched alkanes of at least 4 members (excludes halogenated alkanes) is 1. The number of fused-ring (bicyclic) bond motifs is 1. The number of anilines is 1. The van der Waals surface area contributed by atoms with Crippen molar-refractivity contribution in [3.05, 3.63) is 63.1 Å². The molecule has 1 aliphatic rings. The Hall–Kier alpha value is -1.98. The van der Waals surface area contributed by atoms with E-state index >= 15 is 0 Å². The number of hydrogen-bond donors (Lipinski definition) is 1. The lowest BCUT2D eigenvalue weighted by molar-refractivity contribution is -0.135. The van der Waals surface area contributed by atoms with E-state index in [4.69, 9.17) is 0 Å². The Morgan fingerprint density at radius 1 is 1.19 bits per heavy atom. The number of hydrogen-bond acceptors (Lipinski definition) is 3. The normalized spacial score (nSPS) is 18.7. The zero-order valence-corrected chi connectivity index (χ0v) is 17.5. The Kier molecular flexibility index (Phi) is 5.54. The molecule has 142 valence electrons. The van der Waals surface area contributed by atoms with Gasteiger partial charge in [-0.15, -0.1) is 0 Å². The van der Waals surface area contributed by atoms with E-state index in [0.29, 0.717) is 23.4 Å². The van der Waals surface area contributed by atoms with Crippen LogP contribution in [0.4, 0.5) is 5.69 Å². The van der Waals surface area contributed by atoms with Crippen LogP contribution in [0.1, 0.15) is 53.2 Å². The minimum absolute atomic E-state index is 0.230. The number of carbonyl (C=O) groups excluding carboxylic acids is 2. The first-order chi connectivity index (χ1) is 12.8. The first kappa shape index (κ1) is 19.8. The summed E-state index contributed by atoms with van der Waals surface area (Å²) >= 11 is 3.41. The van der Waals surface area contributed by atoms with Crippen LogP contribution < -0.4 is 4.90 Å². The van der Waals surface area contributed by atoms with Crippen molar-refractivity contribution < 1.29 is 14.7 Å². The van der Waals surface area contributed by atoms with Crippen molar-refractivity contribution in [1.82, 2.24) is 0 Å². The van der Waals surface area contributed by atoms with Gasteiger partial charge in [0, 0.05) is 22.1 Å². The van der Waals surface area contributed by atoms with E-state index in [9.17, 15) is 14.7 Å². The van der Waals surface area contributed by atoms with Gasteiger partial charge in [0.05, 0.1) is 12.1 Å². The SMILES string of the molecule is CCCCN1C(=O)C(O)(CC(=O)c2ccc(C)cc2C)c2cc(Br)ccc21. The summed E-state index contributed by atoms with van der Waals surface area (Å²) in [4.78, 5) is 27.7. The summed E-state index contributed by atoms with van der Waals surface area (Å²) in [6.07, 6.45) is 1.51. The molecular weight excluding hydrogens is 406 g/mol. The second kappa shape index (κ2) is 7.56. The lowest BCUT2D eigenvalue weighted by atomic mass is 9.87. The maximum atomic E-state index is 13.1. The molecule has 0 fully saturated rings. The van der Waals surface area contributed by atoms with Crippen molar-refractivity contribution in [2.45, 2.75) is 45.6 Å². The number of nitrogens with zero attached hydrogens (tertiary/aromatic N) is 1. The van der Waals surface area contributed by atoms with E-state index in [1.807, 2.05) is 38.1 Å². The van der Waals surface area contributed by atoms with Gasteiger partial charge in [0.2, 0.25) is 0 Å². The summed E-state index contributed by atoms with van der Waals surface area (Å²) in [5.41, 5.74) is 1.82. The van der Waals surface area contributed by atoms with Crippen LogP contribution >= 0.6 is 15.9 Å². The van der Waals surface area contributed by atoms with Crippen LogP contribution in [-0.4, -0.2) is 23.3 Å². The number of amides is 1. The van der Waals surface area contributed by atoms with Crippen LogP contribution in [0.15, 0.2) is 40.9 Å². The highest BCUT2D eigenvalue weighted by Gasteiger charge is 2.50. The molecule has 1 N–H and O–H groups in total. The van der Waals surface area contributed by atoms with Gasteiger partial charge in [0.25, 0.3) is 5.91 Å². The molecule has 0 saturated heterocycles. The van der Waals surface area contributed by atoms with Crippen molar-refractivity contribution in [3.8, 4) is 0 Å². The summed E-state index contributed by atoms with van der Waals surface area (Å²) in [7, 11) is 0. The molecule has 1 amide bonds. The molecule has 27 heavy (non-hydrogen) atoms. The fraction of sp³-hybridized carbons (Fsp3) is 0.364. The average molecular weight is 430 g/mol. The molecule has 2 aromatic rings. The predicted octanol–water partition coefficient (Wildman–Crippen LogP) is 4.67. The van der Waals surface area contributed by atoms with Crippen molar-refractivity contribution in [2.75, 3.05) is 11.4 Å². The Labute approximate surface area is 168 Å². The van der Waals surface area contributed by atoms with Crippen molar-refractivity contribution in [3.63, 3.8) is 0 Å². The highest BCUT2D eigenvalue weighted by molar-refractivity contribution is 9.10. The molecule has 1 atom stereocenters. The monoisotopic (exact) mass is 429 g/mol. The topological polar surface area (TPSA) is 57.6 Å². The molecule has 0 radical (unpaired) electrons. The van der Waals surface area contributed by atoms with Crippen LogP contribution in [-0.2, 0) is 10.4 Å². The van der Waals surface area contributed by atoms with Gasteiger partial charge in [-0.25, -0.2) is 0 Å². The number of ketones is 1. The Bertz CT molecular complexity index is 908. The van der Waals surface area contributed by atoms with E-state index in [1.165, 1.54) is 0 Å². The van der Waals surface area contributed by atoms with Crippen LogP contribution in [0.2, 0.25) is 0 Å². The minimum atomic E-state index is -1.83. The van der Waals surface area contributed by atoms with Gasteiger partial charge in [0.1, 0.15) is 0 Å². The van der Waals surface area contributed by atoms with Gasteiger partial charge >= 0.3 is 0 Å². The lowest BCUT2D eigenvalue weighted by Gasteiger charge is -2.23. The van der Waals surface area contributed by atoms with E-state index in [2.05, 4.69) is 22.9 Å². The highest BCUT2D eigenvalue weighted by Crippen LogP contribution is 2.44. The second-order valence-electron chi connectivity index (χ2n) is 7.25. The number of halogens is 1. The first-order valence-electron chi connectivity index (χ1n) is 9.22. The Morgan fingerprint density at radius 2 is 1.93 bits per heavy atom. The highest BCUT2D eigenvalue weighted by atomic mass is 79.9. The average Bonchev–Trinajstić information content (AvgIpc) is 2.80. The third kappa shape index (κ3) is 3.58. The number of aryl methyl sites for hydroxylation is 2. The molecular formula is C22H24BrNO3. The van der Waals surface area contributed by atoms with E-state index in [-0.39, 0.29) is 12.2 Å². The number of benzene rings is 2. The standard InChI is InChI=1S/C22H24BrNO3/c1-4-5-10-24-19-9-7-16(23)12-18(19)22(27,21(24)26)13-20(25)17-8-6-14(2)11-15(17)3/h6-9,11-12,27H,4-5,10,13H2,1-3H3. The zero-order valence-electron chi connectivity index (χ0n) is 15.9. The van der Waals surface area contributed by atoms with Crippen LogP contribution in [0.3, 0.4) is 0 Å². The molecule has 5 heteroatoms. The fourth-order valence-corrected chi connectivity index (χ4v) is 4.05. The molecule has 1 heterocycles. The van der Waals surface area contributed by atoms with Gasteiger partial charge < -0.3 is 10.0 Å². The molecule has 1 unspecified atom stereocenters. The molecule has 0 aromatic heterocycles.